The Hall–Kier alpha value is -2.90. The number of hydrogen-bond donors (Lipinski definition) is 1. The highest BCUT2D eigenvalue weighted by Crippen LogP contribution is 2.32. The first kappa shape index (κ1) is 18.5. The third-order valence-electron chi connectivity index (χ3n) is 4.84. The second kappa shape index (κ2) is 7.26. The summed E-state index contributed by atoms with van der Waals surface area (Å²) in [4.78, 5) is 14.0. The summed E-state index contributed by atoms with van der Waals surface area (Å²) < 4.78 is 33.6. The lowest BCUT2D eigenvalue weighted by molar-refractivity contribution is -0.122. The number of nitrogens with zero attached hydrogens (tertiary/aromatic N) is 1. The summed E-state index contributed by atoms with van der Waals surface area (Å²) in [6.45, 7) is 0.589. The number of ether oxygens (including phenoxy) is 1. The van der Waals surface area contributed by atoms with Gasteiger partial charge in [0.05, 0.1) is 4.90 Å². The van der Waals surface area contributed by atoms with Gasteiger partial charge >= 0.3 is 0 Å². The zero-order chi connectivity index (χ0) is 19.7. The van der Waals surface area contributed by atoms with E-state index in [9.17, 15) is 13.2 Å². The monoisotopic (exact) mass is 396 g/mol. The Morgan fingerprint density at radius 1 is 1.11 bits per heavy atom. The van der Waals surface area contributed by atoms with Gasteiger partial charge in [-0.25, -0.2) is 8.42 Å². The van der Waals surface area contributed by atoms with E-state index in [1.54, 1.807) is 41.3 Å². The molecule has 144 valence electrons. The molecule has 0 bridgehead atoms. The number of hydrogen-bond acceptors (Lipinski definition) is 4. The van der Waals surface area contributed by atoms with E-state index in [2.05, 4.69) is 4.72 Å². The van der Waals surface area contributed by atoms with Gasteiger partial charge in [0.1, 0.15) is 6.61 Å². The van der Waals surface area contributed by atoms with Crippen LogP contribution in [-0.2, 0) is 26.0 Å². The lowest BCUT2D eigenvalue weighted by Crippen LogP contribution is -2.31. The zero-order valence-electron chi connectivity index (χ0n) is 15.4. The summed E-state index contributed by atoms with van der Waals surface area (Å²) in [6.07, 6.45) is 0.675. The van der Waals surface area contributed by atoms with Gasteiger partial charge in [-0.2, -0.15) is 0 Å². The molecule has 0 aromatic heterocycles. The summed E-state index contributed by atoms with van der Waals surface area (Å²) in [6, 6.07) is 17.8. The molecule has 1 aliphatic rings. The minimum atomic E-state index is -3.75. The second-order valence-corrected chi connectivity index (χ2v) is 8.31. The minimum absolute atomic E-state index is 0.0227. The van der Waals surface area contributed by atoms with Crippen molar-refractivity contribution in [2.75, 3.05) is 29.9 Å². The number of nitrogens with one attached hydrogen (secondary N) is 1. The van der Waals surface area contributed by atoms with Crippen molar-refractivity contribution in [1.82, 2.24) is 0 Å². The molecule has 1 amide bonds. The Kier molecular flexibility index (Phi) is 4.78. The molecule has 1 N–H and O–H groups in total. The van der Waals surface area contributed by atoms with Gasteiger partial charge < -0.3 is 9.64 Å². The second-order valence-electron chi connectivity index (χ2n) is 6.65. The van der Waals surface area contributed by atoms with Crippen molar-refractivity contribution in [2.45, 2.75) is 11.3 Å². The average molecular weight is 396 g/mol. The fourth-order valence-electron chi connectivity index (χ4n) is 3.57. The van der Waals surface area contributed by atoms with Crippen LogP contribution in [0, 0.1) is 0 Å². The smallest absolute Gasteiger partial charge is 0.262 e. The molecule has 1 aliphatic heterocycles. The van der Waals surface area contributed by atoms with Crippen molar-refractivity contribution in [2.24, 2.45) is 0 Å². The van der Waals surface area contributed by atoms with E-state index in [1.165, 1.54) is 7.11 Å². The molecule has 4 rings (SSSR count). The largest absolute Gasteiger partial charge is 0.375 e. The third-order valence-corrected chi connectivity index (χ3v) is 6.27. The number of amides is 1. The molecule has 0 saturated heterocycles. The van der Waals surface area contributed by atoms with Crippen LogP contribution in [0.15, 0.2) is 65.6 Å². The van der Waals surface area contributed by atoms with Crippen molar-refractivity contribution in [1.29, 1.82) is 0 Å². The molecular weight excluding hydrogens is 376 g/mol. The summed E-state index contributed by atoms with van der Waals surface area (Å²) in [5.41, 5.74) is 2.21. The lowest BCUT2D eigenvalue weighted by Gasteiger charge is -2.17. The maximum absolute atomic E-state index is 13.0. The fraction of sp³-hybridized carbons (Fsp3) is 0.190. The molecule has 6 nitrogen and oxygen atoms in total. The first-order chi connectivity index (χ1) is 13.5. The van der Waals surface area contributed by atoms with Crippen LogP contribution < -0.4 is 9.62 Å². The summed E-state index contributed by atoms with van der Waals surface area (Å²) in [5, 5.41) is 1.54. The maximum Gasteiger partial charge on any atom is 0.262 e. The van der Waals surface area contributed by atoms with E-state index in [0.29, 0.717) is 24.0 Å². The van der Waals surface area contributed by atoms with Crippen LogP contribution in [0.1, 0.15) is 5.56 Å². The van der Waals surface area contributed by atoms with Crippen LogP contribution in [-0.4, -0.2) is 34.6 Å². The predicted octanol–water partition coefficient (Wildman–Crippen LogP) is 3.18. The number of anilines is 2. The number of methoxy groups -OCH3 is 1. The number of benzene rings is 3. The maximum atomic E-state index is 13.0. The van der Waals surface area contributed by atoms with Gasteiger partial charge in [0.2, 0.25) is 0 Å². The van der Waals surface area contributed by atoms with Gasteiger partial charge in [0, 0.05) is 30.4 Å². The molecule has 0 radical (unpaired) electrons. The molecule has 3 aromatic carbocycles. The first-order valence-electron chi connectivity index (χ1n) is 8.92. The van der Waals surface area contributed by atoms with Crippen molar-refractivity contribution < 1.29 is 17.9 Å². The van der Waals surface area contributed by atoms with Crippen molar-refractivity contribution in [3.63, 3.8) is 0 Å². The van der Waals surface area contributed by atoms with Crippen LogP contribution in [0.2, 0.25) is 0 Å². The summed E-state index contributed by atoms with van der Waals surface area (Å²) >= 11 is 0. The molecule has 0 saturated carbocycles. The zero-order valence-corrected chi connectivity index (χ0v) is 16.2. The Morgan fingerprint density at radius 3 is 2.71 bits per heavy atom. The standard InChI is InChI=1S/C21H20N2O4S/c1-27-14-21(24)23-12-11-16-13-17(9-10-19(16)23)22-28(25,26)20-8-4-6-15-5-2-3-7-18(15)20/h2-10,13,22H,11-12,14H2,1H3. The molecule has 28 heavy (non-hydrogen) atoms. The minimum Gasteiger partial charge on any atom is -0.375 e. The molecule has 0 spiro atoms. The van der Waals surface area contributed by atoms with E-state index in [4.69, 9.17) is 4.74 Å². The SMILES string of the molecule is COCC(=O)N1CCc2cc(NS(=O)(=O)c3cccc4ccccc34)ccc21. The van der Waals surface area contributed by atoms with E-state index in [1.807, 2.05) is 24.3 Å². The van der Waals surface area contributed by atoms with Crippen LogP contribution in [0.3, 0.4) is 0 Å². The Morgan fingerprint density at radius 2 is 1.89 bits per heavy atom. The number of rotatable bonds is 5. The van der Waals surface area contributed by atoms with Gasteiger partial charge in [-0.3, -0.25) is 9.52 Å². The van der Waals surface area contributed by atoms with E-state index < -0.39 is 10.0 Å². The average Bonchev–Trinajstić information content (AvgIpc) is 3.10. The number of carbonyl (C=O) groups excluding carboxylic acids is 1. The van der Waals surface area contributed by atoms with Gasteiger partial charge in [-0.15, -0.1) is 0 Å². The van der Waals surface area contributed by atoms with Crippen LogP contribution in [0.25, 0.3) is 10.8 Å². The van der Waals surface area contributed by atoms with Gasteiger partial charge in [-0.05, 0) is 41.6 Å². The highest BCUT2D eigenvalue weighted by molar-refractivity contribution is 7.93. The predicted molar refractivity (Wildman–Crippen MR) is 109 cm³/mol. The summed E-state index contributed by atoms with van der Waals surface area (Å²) in [7, 11) is -2.26. The quantitative estimate of drug-likeness (QED) is 0.719. The van der Waals surface area contributed by atoms with Crippen molar-refractivity contribution in [3.8, 4) is 0 Å². The Balaban J connectivity index is 1.64. The van der Waals surface area contributed by atoms with Crippen molar-refractivity contribution >= 4 is 38.1 Å². The first-order valence-corrected chi connectivity index (χ1v) is 10.4. The van der Waals surface area contributed by atoms with E-state index in [0.717, 1.165) is 16.6 Å². The lowest BCUT2D eigenvalue weighted by atomic mass is 10.1. The highest BCUT2D eigenvalue weighted by Gasteiger charge is 2.25. The van der Waals surface area contributed by atoms with E-state index in [-0.39, 0.29) is 17.4 Å². The van der Waals surface area contributed by atoms with Crippen LogP contribution in [0.5, 0.6) is 0 Å². The van der Waals surface area contributed by atoms with Gasteiger partial charge in [-0.1, -0.05) is 36.4 Å². The summed E-state index contributed by atoms with van der Waals surface area (Å²) in [5.74, 6) is -0.106. The number of sulfonamides is 1. The molecule has 0 atom stereocenters. The molecule has 0 fully saturated rings. The number of carbonyl (C=O) groups is 1. The fourth-order valence-corrected chi connectivity index (χ4v) is 4.85. The third kappa shape index (κ3) is 3.34. The number of fused-ring (bicyclic) bond motifs is 2. The molecule has 0 unspecified atom stereocenters. The van der Waals surface area contributed by atoms with Gasteiger partial charge in [0.25, 0.3) is 15.9 Å². The normalized spacial score (nSPS) is 13.5. The van der Waals surface area contributed by atoms with Crippen LogP contribution in [0.4, 0.5) is 11.4 Å². The molecule has 3 aromatic rings. The topological polar surface area (TPSA) is 75.7 Å². The Labute approximate surface area is 163 Å². The molecule has 7 heteroatoms. The highest BCUT2D eigenvalue weighted by atomic mass is 32.2. The van der Waals surface area contributed by atoms with E-state index >= 15 is 0 Å². The molecule has 0 aliphatic carbocycles. The molecule has 1 heterocycles. The van der Waals surface area contributed by atoms with Crippen LogP contribution >= 0.6 is 0 Å². The molecular formula is C21H20N2O4S. The van der Waals surface area contributed by atoms with Crippen molar-refractivity contribution in [3.05, 3.63) is 66.2 Å². The van der Waals surface area contributed by atoms with Gasteiger partial charge in [0.15, 0.2) is 0 Å². The Bertz CT molecular complexity index is 1150.